The van der Waals surface area contributed by atoms with E-state index < -0.39 is 0 Å². The molecule has 3 heterocycles. The fourth-order valence-corrected chi connectivity index (χ4v) is 5.97. The number of carbonyl (C=O) groups excluding carboxylic acids is 1. The van der Waals surface area contributed by atoms with Gasteiger partial charge in [-0.25, -0.2) is 9.97 Å². The number of morpholine rings is 1. The van der Waals surface area contributed by atoms with Crippen LogP contribution in [-0.2, 0) is 28.9 Å². The van der Waals surface area contributed by atoms with Crippen molar-refractivity contribution in [2.45, 2.75) is 45.1 Å². The van der Waals surface area contributed by atoms with Crippen LogP contribution in [0.5, 0.6) is 0 Å². The molecule has 3 aliphatic rings. The van der Waals surface area contributed by atoms with Gasteiger partial charge in [0.2, 0.25) is 5.91 Å². The van der Waals surface area contributed by atoms with Gasteiger partial charge in [0.05, 0.1) is 25.1 Å². The fraction of sp³-hybridized carbons (Fsp3) is 0.480. The molecule has 8 heteroatoms. The number of ether oxygens (including phenoxy) is 1. The summed E-state index contributed by atoms with van der Waals surface area (Å²) in [6, 6.07) is 7.94. The number of nitrogens with zero attached hydrogens (tertiary/aromatic N) is 3. The van der Waals surface area contributed by atoms with Crippen molar-refractivity contribution in [3.05, 3.63) is 40.5 Å². The standard InChI is InChI=1S/C25H29N5O2S/c31-24(16-5-6-16)27-18-9-7-17(8-10-18)26-23-22-19-3-1-2-4-20(19)33-25(22)29-21(28-23)15-30-11-13-32-14-12-30/h7-10,16H,1-6,11-15H2,(H,27,31)(H,26,28,29). The highest BCUT2D eigenvalue weighted by molar-refractivity contribution is 7.19. The Kier molecular flexibility index (Phi) is 5.73. The summed E-state index contributed by atoms with van der Waals surface area (Å²) in [5, 5.41) is 7.77. The molecule has 0 atom stereocenters. The number of anilines is 3. The largest absolute Gasteiger partial charge is 0.379 e. The molecule has 1 saturated heterocycles. The first-order valence-corrected chi connectivity index (χ1v) is 12.8. The van der Waals surface area contributed by atoms with Gasteiger partial charge < -0.3 is 15.4 Å². The summed E-state index contributed by atoms with van der Waals surface area (Å²) in [5.41, 5.74) is 3.23. The number of aromatic nitrogens is 2. The lowest BCUT2D eigenvalue weighted by Gasteiger charge is -2.25. The van der Waals surface area contributed by atoms with Gasteiger partial charge in [0, 0.05) is 35.3 Å². The quantitative estimate of drug-likeness (QED) is 0.561. The summed E-state index contributed by atoms with van der Waals surface area (Å²) in [6.07, 6.45) is 6.74. The molecule has 1 amide bonds. The van der Waals surface area contributed by atoms with Crippen LogP contribution < -0.4 is 10.6 Å². The average Bonchev–Trinajstić information content (AvgIpc) is 3.62. The maximum atomic E-state index is 12.1. The van der Waals surface area contributed by atoms with E-state index in [0.717, 1.165) is 86.4 Å². The number of hydrogen-bond donors (Lipinski definition) is 2. The van der Waals surface area contributed by atoms with E-state index in [1.165, 1.54) is 28.7 Å². The fourth-order valence-electron chi connectivity index (χ4n) is 4.69. The SMILES string of the molecule is O=C(Nc1ccc(Nc2nc(CN3CCOCC3)nc3sc4c(c23)CCCC4)cc1)C1CC1. The second-order valence-electron chi connectivity index (χ2n) is 9.23. The second kappa shape index (κ2) is 9.00. The molecule has 0 radical (unpaired) electrons. The van der Waals surface area contributed by atoms with Crippen molar-refractivity contribution < 1.29 is 9.53 Å². The Morgan fingerprint density at radius 2 is 1.82 bits per heavy atom. The summed E-state index contributed by atoms with van der Waals surface area (Å²) in [4.78, 5) is 27.0. The number of rotatable bonds is 6. The second-order valence-corrected chi connectivity index (χ2v) is 10.3. The number of hydrogen-bond acceptors (Lipinski definition) is 7. The predicted octanol–water partition coefficient (Wildman–Crippen LogP) is 4.49. The zero-order valence-electron chi connectivity index (χ0n) is 18.7. The van der Waals surface area contributed by atoms with Crippen LogP contribution in [0.25, 0.3) is 10.2 Å². The molecule has 2 fully saturated rings. The van der Waals surface area contributed by atoms with Crippen molar-refractivity contribution >= 4 is 44.7 Å². The normalized spacial score (nSPS) is 18.8. The summed E-state index contributed by atoms with van der Waals surface area (Å²) >= 11 is 1.84. The molecule has 1 aliphatic heterocycles. The van der Waals surface area contributed by atoms with Gasteiger partial charge >= 0.3 is 0 Å². The molecule has 2 aliphatic carbocycles. The number of fused-ring (bicyclic) bond motifs is 3. The van der Waals surface area contributed by atoms with Crippen LogP contribution in [0.15, 0.2) is 24.3 Å². The molecule has 3 aromatic rings. The van der Waals surface area contributed by atoms with E-state index in [2.05, 4.69) is 15.5 Å². The van der Waals surface area contributed by atoms with E-state index in [9.17, 15) is 4.79 Å². The third-order valence-corrected chi connectivity index (χ3v) is 7.88. The Morgan fingerprint density at radius 1 is 1.06 bits per heavy atom. The minimum Gasteiger partial charge on any atom is -0.379 e. The monoisotopic (exact) mass is 463 g/mol. The Balaban J connectivity index is 1.29. The third kappa shape index (κ3) is 4.60. The topological polar surface area (TPSA) is 79.4 Å². The van der Waals surface area contributed by atoms with Gasteiger partial charge in [-0.3, -0.25) is 9.69 Å². The number of benzene rings is 1. The van der Waals surface area contributed by atoms with Crippen molar-refractivity contribution in [3.63, 3.8) is 0 Å². The minimum atomic E-state index is 0.130. The molecule has 0 bridgehead atoms. The highest BCUT2D eigenvalue weighted by Crippen LogP contribution is 2.39. The van der Waals surface area contributed by atoms with Gasteiger partial charge in [0.1, 0.15) is 16.5 Å². The average molecular weight is 464 g/mol. The first kappa shape index (κ1) is 21.0. The lowest BCUT2D eigenvalue weighted by atomic mass is 9.97. The van der Waals surface area contributed by atoms with Crippen molar-refractivity contribution in [3.8, 4) is 0 Å². The van der Waals surface area contributed by atoms with Crippen LogP contribution in [0.2, 0.25) is 0 Å². The van der Waals surface area contributed by atoms with Crippen LogP contribution in [0.1, 0.15) is 41.9 Å². The van der Waals surface area contributed by atoms with Crippen molar-refractivity contribution in [2.24, 2.45) is 5.92 Å². The maximum Gasteiger partial charge on any atom is 0.227 e. The highest BCUT2D eigenvalue weighted by Gasteiger charge is 2.29. The Morgan fingerprint density at radius 3 is 2.61 bits per heavy atom. The molecule has 7 nitrogen and oxygen atoms in total. The van der Waals surface area contributed by atoms with E-state index >= 15 is 0 Å². The van der Waals surface area contributed by atoms with Crippen molar-refractivity contribution in [1.29, 1.82) is 0 Å². The Labute approximate surface area is 197 Å². The maximum absolute atomic E-state index is 12.1. The van der Waals surface area contributed by atoms with Gasteiger partial charge in [0.15, 0.2) is 0 Å². The van der Waals surface area contributed by atoms with Gasteiger partial charge in [-0.15, -0.1) is 11.3 Å². The molecular weight excluding hydrogens is 434 g/mol. The molecule has 2 N–H and O–H groups in total. The highest BCUT2D eigenvalue weighted by atomic mass is 32.1. The van der Waals surface area contributed by atoms with E-state index in [0.29, 0.717) is 0 Å². The van der Waals surface area contributed by atoms with Gasteiger partial charge in [-0.05, 0) is 68.4 Å². The van der Waals surface area contributed by atoms with Crippen LogP contribution >= 0.6 is 11.3 Å². The molecular formula is C25H29N5O2S. The van der Waals surface area contributed by atoms with E-state index in [-0.39, 0.29) is 11.8 Å². The number of aryl methyl sites for hydroxylation is 2. The lowest BCUT2D eigenvalue weighted by molar-refractivity contribution is -0.117. The Hall–Kier alpha value is -2.55. The zero-order chi connectivity index (χ0) is 22.2. The molecule has 1 saturated carbocycles. The summed E-state index contributed by atoms with van der Waals surface area (Å²) in [7, 11) is 0. The predicted molar refractivity (Wildman–Crippen MR) is 131 cm³/mol. The van der Waals surface area contributed by atoms with E-state index in [1.807, 2.05) is 35.6 Å². The molecule has 172 valence electrons. The van der Waals surface area contributed by atoms with Crippen LogP contribution in [0.4, 0.5) is 17.2 Å². The summed E-state index contributed by atoms with van der Waals surface area (Å²) < 4.78 is 5.50. The molecule has 33 heavy (non-hydrogen) atoms. The third-order valence-electron chi connectivity index (χ3n) is 6.69. The minimum absolute atomic E-state index is 0.130. The van der Waals surface area contributed by atoms with Crippen molar-refractivity contribution in [2.75, 3.05) is 36.9 Å². The first-order valence-electron chi connectivity index (χ1n) is 12.0. The zero-order valence-corrected chi connectivity index (χ0v) is 19.5. The van der Waals surface area contributed by atoms with Gasteiger partial charge in [0.25, 0.3) is 0 Å². The smallest absolute Gasteiger partial charge is 0.227 e. The van der Waals surface area contributed by atoms with Gasteiger partial charge in [-0.1, -0.05) is 0 Å². The lowest BCUT2D eigenvalue weighted by Crippen LogP contribution is -2.36. The van der Waals surface area contributed by atoms with Crippen molar-refractivity contribution in [1.82, 2.24) is 14.9 Å². The van der Waals surface area contributed by atoms with Crippen LogP contribution in [0, 0.1) is 5.92 Å². The summed E-state index contributed by atoms with van der Waals surface area (Å²) in [5.74, 6) is 2.09. The molecule has 0 spiro atoms. The van der Waals surface area contributed by atoms with Crippen LogP contribution in [-0.4, -0.2) is 47.1 Å². The Bertz CT molecular complexity index is 1170. The van der Waals surface area contributed by atoms with E-state index in [1.54, 1.807) is 0 Å². The molecule has 0 unspecified atom stereocenters. The van der Waals surface area contributed by atoms with E-state index in [4.69, 9.17) is 14.7 Å². The van der Waals surface area contributed by atoms with Gasteiger partial charge in [-0.2, -0.15) is 0 Å². The molecule has 2 aromatic heterocycles. The number of nitrogens with one attached hydrogen (secondary N) is 2. The number of carbonyl (C=O) groups is 1. The van der Waals surface area contributed by atoms with Crippen LogP contribution in [0.3, 0.4) is 0 Å². The molecule has 1 aromatic carbocycles. The number of thiophene rings is 1. The number of amides is 1. The molecule has 6 rings (SSSR count). The summed E-state index contributed by atoms with van der Waals surface area (Å²) in [6.45, 7) is 4.11. The first-order chi connectivity index (χ1) is 16.2.